The maximum atomic E-state index is 13.6. The number of benzene rings is 2. The summed E-state index contributed by atoms with van der Waals surface area (Å²) in [6.07, 6.45) is 0.931. The zero-order valence-electron chi connectivity index (χ0n) is 20.6. The molecule has 0 amide bonds. The molecule has 184 valence electrons. The topological polar surface area (TPSA) is 83.1 Å². The number of carbonyl (C=O) groups excluding carboxylic acids is 2. The number of carbonyl (C=O) groups is 2. The first-order valence-electron chi connectivity index (χ1n) is 11.7. The molecule has 0 saturated carbocycles. The third-order valence-corrected chi connectivity index (χ3v) is 6.72. The van der Waals surface area contributed by atoms with Crippen molar-refractivity contribution < 1.29 is 28.5 Å². The molecule has 0 bridgehead atoms. The molecule has 0 fully saturated rings. The van der Waals surface area contributed by atoms with Crippen LogP contribution < -0.4 is 19.5 Å². The van der Waals surface area contributed by atoms with Gasteiger partial charge in [-0.2, -0.15) is 0 Å². The van der Waals surface area contributed by atoms with Crippen molar-refractivity contribution >= 4 is 11.8 Å². The number of allylic oxidation sites excluding steroid dienone is 2. The number of Topliss-reactive ketones (excluding diaryl/α,β-unsaturated/α-hetero) is 1. The van der Waals surface area contributed by atoms with Gasteiger partial charge < -0.3 is 24.3 Å². The molecule has 0 saturated heterocycles. The molecule has 1 aliphatic heterocycles. The highest BCUT2D eigenvalue weighted by molar-refractivity contribution is 6.01. The van der Waals surface area contributed by atoms with E-state index in [0.29, 0.717) is 42.2 Å². The van der Waals surface area contributed by atoms with Crippen molar-refractivity contribution in [2.45, 2.75) is 31.6 Å². The van der Waals surface area contributed by atoms with Crippen molar-refractivity contribution in [2.75, 3.05) is 27.9 Å². The highest BCUT2D eigenvalue weighted by Gasteiger charge is 2.45. The number of rotatable bonds is 7. The Kier molecular flexibility index (Phi) is 7.15. The number of hydrogen-bond acceptors (Lipinski definition) is 7. The molecule has 0 spiro atoms. The Morgan fingerprint density at radius 2 is 1.69 bits per heavy atom. The summed E-state index contributed by atoms with van der Waals surface area (Å²) in [6, 6.07) is 13.3. The number of ether oxygens (including phenoxy) is 4. The fourth-order valence-corrected chi connectivity index (χ4v) is 5.09. The van der Waals surface area contributed by atoms with Gasteiger partial charge in [-0.15, -0.1) is 0 Å². The van der Waals surface area contributed by atoms with Gasteiger partial charge in [0.05, 0.1) is 27.9 Å². The standard InChI is InChI=1S/C28H31NO6/c1-6-35-20-10-7-17(8-11-20)26-25(28(31)34-5)16(2)29-21-13-19(14-22(30)27(21)26)18-9-12-23(32-3)24(15-18)33-4/h7-12,15,19,25-26,29H,2,6,13-14H2,1,3-5H3. The molecule has 4 rings (SSSR count). The molecule has 0 radical (unpaired) electrons. The minimum Gasteiger partial charge on any atom is -0.494 e. The van der Waals surface area contributed by atoms with E-state index in [-0.39, 0.29) is 11.7 Å². The summed E-state index contributed by atoms with van der Waals surface area (Å²) in [6.45, 7) is 6.61. The second kappa shape index (κ2) is 10.3. The Morgan fingerprint density at radius 1 is 1.00 bits per heavy atom. The number of methoxy groups -OCH3 is 3. The van der Waals surface area contributed by atoms with Gasteiger partial charge in [0.25, 0.3) is 0 Å². The first-order chi connectivity index (χ1) is 16.9. The van der Waals surface area contributed by atoms with Crippen LogP contribution in [0, 0.1) is 5.92 Å². The molecule has 2 aliphatic rings. The van der Waals surface area contributed by atoms with E-state index in [1.807, 2.05) is 49.4 Å². The van der Waals surface area contributed by atoms with Gasteiger partial charge in [0.15, 0.2) is 17.3 Å². The van der Waals surface area contributed by atoms with Gasteiger partial charge >= 0.3 is 5.97 Å². The van der Waals surface area contributed by atoms with E-state index in [2.05, 4.69) is 11.9 Å². The Bertz CT molecular complexity index is 1170. The number of hydrogen-bond donors (Lipinski definition) is 1. The number of nitrogens with one attached hydrogen (secondary N) is 1. The lowest BCUT2D eigenvalue weighted by molar-refractivity contribution is -0.144. The average Bonchev–Trinajstić information content (AvgIpc) is 2.87. The third-order valence-electron chi connectivity index (χ3n) is 6.72. The first kappa shape index (κ1) is 24.4. The van der Waals surface area contributed by atoms with Gasteiger partial charge in [-0.3, -0.25) is 9.59 Å². The van der Waals surface area contributed by atoms with Gasteiger partial charge in [0.2, 0.25) is 0 Å². The Hall–Kier alpha value is -3.74. The molecular formula is C28H31NO6. The fraction of sp³-hybridized carbons (Fsp3) is 0.357. The van der Waals surface area contributed by atoms with E-state index < -0.39 is 17.8 Å². The molecule has 2 aromatic rings. The highest BCUT2D eigenvalue weighted by Crippen LogP contribution is 2.48. The highest BCUT2D eigenvalue weighted by atomic mass is 16.5. The van der Waals surface area contributed by atoms with E-state index in [4.69, 9.17) is 18.9 Å². The summed E-state index contributed by atoms with van der Waals surface area (Å²) in [5.41, 5.74) is 3.77. The smallest absolute Gasteiger partial charge is 0.315 e. The molecule has 0 aromatic heterocycles. The SMILES string of the molecule is C=C1NC2=C(C(=O)CC(c3ccc(OC)c(OC)c3)C2)C(c2ccc(OCC)cc2)C1C(=O)OC. The Balaban J connectivity index is 1.75. The largest absolute Gasteiger partial charge is 0.494 e. The fourth-order valence-electron chi connectivity index (χ4n) is 5.09. The summed E-state index contributed by atoms with van der Waals surface area (Å²) in [4.78, 5) is 26.5. The van der Waals surface area contributed by atoms with E-state index in [9.17, 15) is 9.59 Å². The second-order valence-corrected chi connectivity index (χ2v) is 8.67. The van der Waals surface area contributed by atoms with Crippen molar-refractivity contribution in [3.63, 3.8) is 0 Å². The van der Waals surface area contributed by atoms with Gasteiger partial charge in [-0.1, -0.05) is 24.8 Å². The molecule has 3 atom stereocenters. The minimum atomic E-state index is -0.710. The van der Waals surface area contributed by atoms with Crippen molar-refractivity contribution in [2.24, 2.45) is 5.92 Å². The van der Waals surface area contributed by atoms with Crippen LogP contribution in [0.5, 0.6) is 17.2 Å². The quantitative estimate of drug-likeness (QED) is 0.588. The van der Waals surface area contributed by atoms with E-state index in [1.54, 1.807) is 14.2 Å². The number of esters is 1. The van der Waals surface area contributed by atoms with E-state index in [1.165, 1.54) is 7.11 Å². The van der Waals surface area contributed by atoms with Crippen molar-refractivity contribution in [3.8, 4) is 17.2 Å². The summed E-state index contributed by atoms with van der Waals surface area (Å²) >= 11 is 0. The van der Waals surface area contributed by atoms with Gasteiger partial charge in [-0.25, -0.2) is 0 Å². The molecule has 7 heteroatoms. The Morgan fingerprint density at radius 3 is 2.31 bits per heavy atom. The van der Waals surface area contributed by atoms with E-state index >= 15 is 0 Å². The number of ketones is 1. The average molecular weight is 478 g/mol. The van der Waals surface area contributed by atoms with Crippen LogP contribution in [-0.2, 0) is 14.3 Å². The van der Waals surface area contributed by atoms with Crippen LogP contribution in [0.15, 0.2) is 66.0 Å². The lowest BCUT2D eigenvalue weighted by atomic mass is 9.69. The summed E-state index contributed by atoms with van der Waals surface area (Å²) < 4.78 is 21.5. The predicted octanol–water partition coefficient (Wildman–Crippen LogP) is 4.49. The minimum absolute atomic E-state index is 0.00109. The lowest BCUT2D eigenvalue weighted by Gasteiger charge is -2.40. The van der Waals surface area contributed by atoms with Crippen LogP contribution in [0.25, 0.3) is 0 Å². The Labute approximate surface area is 205 Å². The molecule has 1 aliphatic carbocycles. The van der Waals surface area contributed by atoms with Crippen molar-refractivity contribution in [1.82, 2.24) is 5.32 Å². The molecule has 1 N–H and O–H groups in total. The van der Waals surface area contributed by atoms with E-state index in [0.717, 1.165) is 22.6 Å². The maximum absolute atomic E-state index is 13.6. The van der Waals surface area contributed by atoms with Crippen LogP contribution >= 0.6 is 0 Å². The van der Waals surface area contributed by atoms with Crippen LogP contribution in [0.4, 0.5) is 0 Å². The normalized spacial score (nSPS) is 21.7. The van der Waals surface area contributed by atoms with Gasteiger partial charge in [0, 0.05) is 29.3 Å². The second-order valence-electron chi connectivity index (χ2n) is 8.67. The van der Waals surface area contributed by atoms with Crippen LogP contribution in [0.1, 0.15) is 42.7 Å². The third kappa shape index (κ3) is 4.63. The van der Waals surface area contributed by atoms with Crippen LogP contribution in [0.3, 0.4) is 0 Å². The monoisotopic (exact) mass is 477 g/mol. The van der Waals surface area contributed by atoms with Crippen molar-refractivity contribution in [1.29, 1.82) is 0 Å². The molecule has 2 aromatic carbocycles. The molecule has 1 heterocycles. The molecule has 35 heavy (non-hydrogen) atoms. The summed E-state index contributed by atoms with van der Waals surface area (Å²) in [5, 5.41) is 3.28. The van der Waals surface area contributed by atoms with Crippen LogP contribution in [0.2, 0.25) is 0 Å². The maximum Gasteiger partial charge on any atom is 0.315 e. The lowest BCUT2D eigenvalue weighted by Crippen LogP contribution is -2.42. The summed E-state index contributed by atoms with van der Waals surface area (Å²) in [7, 11) is 4.54. The molecule has 7 nitrogen and oxygen atoms in total. The van der Waals surface area contributed by atoms with Crippen molar-refractivity contribution in [3.05, 3.63) is 77.1 Å². The predicted molar refractivity (Wildman–Crippen MR) is 132 cm³/mol. The zero-order chi connectivity index (χ0) is 25.1. The molecule has 3 unspecified atom stereocenters. The zero-order valence-corrected chi connectivity index (χ0v) is 20.6. The van der Waals surface area contributed by atoms with Crippen LogP contribution in [-0.4, -0.2) is 39.7 Å². The van der Waals surface area contributed by atoms with Gasteiger partial charge in [0.1, 0.15) is 11.7 Å². The van der Waals surface area contributed by atoms with Gasteiger partial charge in [-0.05, 0) is 54.7 Å². The first-order valence-corrected chi connectivity index (χ1v) is 11.7. The summed E-state index contributed by atoms with van der Waals surface area (Å²) in [5.74, 6) is 0.323. The molecular weight excluding hydrogens is 446 g/mol.